The summed E-state index contributed by atoms with van der Waals surface area (Å²) in [6.45, 7) is 2.11. The van der Waals surface area contributed by atoms with Crippen LogP contribution in [0.4, 0.5) is 0 Å². The second kappa shape index (κ2) is 9.44. The Labute approximate surface area is 197 Å². The van der Waals surface area contributed by atoms with Gasteiger partial charge in [-0.1, -0.05) is 35.1 Å². The summed E-state index contributed by atoms with van der Waals surface area (Å²) in [7, 11) is -3.86. The van der Waals surface area contributed by atoms with Gasteiger partial charge >= 0.3 is 5.97 Å². The van der Waals surface area contributed by atoms with Gasteiger partial charge in [0.15, 0.2) is 4.80 Å². The van der Waals surface area contributed by atoms with E-state index in [0.717, 1.165) is 21.6 Å². The van der Waals surface area contributed by atoms with E-state index in [1.54, 1.807) is 11.5 Å². The van der Waals surface area contributed by atoms with Crippen LogP contribution < -0.4 is 4.80 Å². The van der Waals surface area contributed by atoms with Crippen LogP contribution in [-0.2, 0) is 30.9 Å². The molecule has 0 N–H and O–H groups in total. The molecule has 3 heterocycles. The van der Waals surface area contributed by atoms with Crippen LogP contribution in [0.2, 0.25) is 4.34 Å². The van der Waals surface area contributed by atoms with Gasteiger partial charge in [-0.05, 0) is 44.0 Å². The molecule has 0 aliphatic carbocycles. The van der Waals surface area contributed by atoms with Gasteiger partial charge in [0, 0.05) is 6.54 Å². The minimum Gasteiger partial charge on any atom is -0.465 e. The van der Waals surface area contributed by atoms with Gasteiger partial charge < -0.3 is 9.30 Å². The van der Waals surface area contributed by atoms with Crippen LogP contribution in [0.15, 0.2) is 45.6 Å². The fourth-order valence-electron chi connectivity index (χ4n) is 3.59. The SMILES string of the molecule is CCOC(=O)Cn1c(=NC(=O)C2CCCN2S(=O)(=O)c2ccc(Cl)s2)sc2ccccc21. The predicted molar refractivity (Wildman–Crippen MR) is 123 cm³/mol. The van der Waals surface area contributed by atoms with Gasteiger partial charge in [-0.25, -0.2) is 8.42 Å². The third kappa shape index (κ3) is 4.53. The molecule has 1 aromatic carbocycles. The summed E-state index contributed by atoms with van der Waals surface area (Å²) < 4.78 is 35.3. The number of esters is 1. The topological polar surface area (TPSA) is 98.0 Å². The number of hydrogen-bond acceptors (Lipinski definition) is 7. The van der Waals surface area contributed by atoms with Crippen molar-refractivity contribution in [1.82, 2.24) is 8.87 Å². The van der Waals surface area contributed by atoms with Gasteiger partial charge in [0.2, 0.25) is 0 Å². The summed E-state index contributed by atoms with van der Waals surface area (Å²) in [6.07, 6.45) is 0.933. The number of sulfonamides is 1. The van der Waals surface area contributed by atoms with E-state index < -0.39 is 27.9 Å². The highest BCUT2D eigenvalue weighted by Gasteiger charge is 2.40. The Balaban J connectivity index is 1.70. The average Bonchev–Trinajstić information content (AvgIpc) is 3.48. The Morgan fingerprint density at radius 1 is 1.22 bits per heavy atom. The van der Waals surface area contributed by atoms with E-state index >= 15 is 0 Å². The van der Waals surface area contributed by atoms with Crippen molar-refractivity contribution in [3.63, 3.8) is 0 Å². The molecule has 3 aromatic rings. The smallest absolute Gasteiger partial charge is 0.326 e. The molecule has 1 aliphatic heterocycles. The second-order valence-electron chi connectivity index (χ2n) is 7.03. The number of rotatable bonds is 6. The van der Waals surface area contributed by atoms with Gasteiger partial charge in [0.1, 0.15) is 16.8 Å². The van der Waals surface area contributed by atoms with Gasteiger partial charge in [0.25, 0.3) is 15.9 Å². The fraction of sp³-hybridized carbons (Fsp3) is 0.350. The van der Waals surface area contributed by atoms with Crippen molar-refractivity contribution in [2.45, 2.75) is 36.6 Å². The first-order chi connectivity index (χ1) is 15.3. The van der Waals surface area contributed by atoms with Crippen molar-refractivity contribution >= 4 is 66.4 Å². The Bertz CT molecular complexity index is 1340. The van der Waals surface area contributed by atoms with Gasteiger partial charge in [-0.3, -0.25) is 9.59 Å². The van der Waals surface area contributed by atoms with Crippen LogP contribution in [0, 0.1) is 0 Å². The largest absolute Gasteiger partial charge is 0.465 e. The lowest BCUT2D eigenvalue weighted by molar-refractivity contribution is -0.143. The molecule has 0 radical (unpaired) electrons. The summed E-state index contributed by atoms with van der Waals surface area (Å²) in [5.74, 6) is -0.998. The van der Waals surface area contributed by atoms with Crippen LogP contribution in [-0.4, -0.2) is 48.4 Å². The Morgan fingerprint density at radius 2 is 2.00 bits per heavy atom. The molecule has 1 saturated heterocycles. The van der Waals surface area contributed by atoms with Crippen molar-refractivity contribution < 1.29 is 22.7 Å². The number of hydrogen-bond donors (Lipinski definition) is 0. The molecule has 1 aliphatic rings. The zero-order chi connectivity index (χ0) is 22.9. The highest BCUT2D eigenvalue weighted by atomic mass is 35.5. The fourth-order valence-corrected chi connectivity index (χ4v) is 7.89. The van der Waals surface area contributed by atoms with Crippen LogP contribution in [0.3, 0.4) is 0 Å². The third-order valence-electron chi connectivity index (χ3n) is 4.99. The predicted octanol–water partition coefficient (Wildman–Crippen LogP) is 3.26. The van der Waals surface area contributed by atoms with Gasteiger partial charge in [-0.2, -0.15) is 9.30 Å². The number of halogens is 1. The summed E-state index contributed by atoms with van der Waals surface area (Å²) in [6, 6.07) is 9.46. The number of aromatic nitrogens is 1. The first-order valence-electron chi connectivity index (χ1n) is 9.91. The zero-order valence-electron chi connectivity index (χ0n) is 17.1. The number of benzene rings is 1. The molecule has 8 nitrogen and oxygen atoms in total. The van der Waals surface area contributed by atoms with Crippen LogP contribution in [0.1, 0.15) is 19.8 Å². The van der Waals surface area contributed by atoms with Crippen molar-refractivity contribution in [2.24, 2.45) is 4.99 Å². The molecule has 1 atom stereocenters. The van der Waals surface area contributed by atoms with E-state index in [2.05, 4.69) is 4.99 Å². The molecular weight excluding hydrogens is 494 g/mol. The number of fused-ring (bicyclic) bond motifs is 1. The average molecular weight is 514 g/mol. The van der Waals surface area contributed by atoms with Crippen LogP contribution in [0.25, 0.3) is 10.2 Å². The normalized spacial score (nSPS) is 17.8. The summed E-state index contributed by atoms with van der Waals surface area (Å²) >= 11 is 8.13. The number of nitrogens with zero attached hydrogens (tertiary/aromatic N) is 3. The second-order valence-corrected chi connectivity index (χ2v) is 11.9. The lowest BCUT2D eigenvalue weighted by Crippen LogP contribution is -2.40. The molecule has 170 valence electrons. The maximum atomic E-state index is 13.1. The number of thiophene rings is 1. The number of amides is 1. The maximum absolute atomic E-state index is 13.1. The molecule has 0 bridgehead atoms. The van der Waals surface area contributed by atoms with Crippen molar-refractivity contribution in [3.8, 4) is 0 Å². The number of para-hydroxylation sites is 1. The molecule has 1 fully saturated rings. The maximum Gasteiger partial charge on any atom is 0.326 e. The minimum atomic E-state index is -3.86. The molecule has 0 saturated carbocycles. The van der Waals surface area contributed by atoms with Crippen LogP contribution in [0.5, 0.6) is 0 Å². The standard InChI is InChI=1S/C20H20ClN3O5S3/c1-2-29-17(25)12-23-13-6-3-4-8-15(13)30-20(23)22-19(26)14-7-5-11-24(14)32(27,28)18-10-9-16(21)31-18/h3-4,6,8-10,14H,2,5,7,11-12H2,1H3. The Kier molecular flexibility index (Phi) is 6.82. The van der Waals surface area contributed by atoms with Gasteiger partial charge in [-0.15, -0.1) is 11.3 Å². The van der Waals surface area contributed by atoms with E-state index in [1.807, 2.05) is 24.3 Å². The molecule has 0 spiro atoms. The van der Waals surface area contributed by atoms with E-state index in [0.29, 0.717) is 22.0 Å². The molecule has 32 heavy (non-hydrogen) atoms. The first kappa shape index (κ1) is 23.1. The van der Waals surface area contributed by atoms with E-state index in [1.165, 1.54) is 27.8 Å². The monoisotopic (exact) mass is 513 g/mol. The summed E-state index contributed by atoms with van der Waals surface area (Å²) in [4.78, 5) is 29.8. The van der Waals surface area contributed by atoms with Crippen molar-refractivity contribution in [1.29, 1.82) is 0 Å². The lowest BCUT2D eigenvalue weighted by Gasteiger charge is -2.20. The van der Waals surface area contributed by atoms with E-state index in [-0.39, 0.29) is 23.9 Å². The summed E-state index contributed by atoms with van der Waals surface area (Å²) in [5.41, 5.74) is 0.751. The number of carbonyl (C=O) groups excluding carboxylic acids is 2. The van der Waals surface area contributed by atoms with Crippen LogP contribution >= 0.6 is 34.3 Å². The van der Waals surface area contributed by atoms with Crippen molar-refractivity contribution in [2.75, 3.05) is 13.2 Å². The Morgan fingerprint density at radius 3 is 2.72 bits per heavy atom. The molecule has 1 unspecified atom stereocenters. The highest BCUT2D eigenvalue weighted by Crippen LogP contribution is 2.32. The van der Waals surface area contributed by atoms with E-state index in [9.17, 15) is 18.0 Å². The summed E-state index contributed by atoms with van der Waals surface area (Å²) in [5, 5.41) is 0. The number of carbonyl (C=O) groups is 2. The molecular formula is C20H20ClN3O5S3. The van der Waals surface area contributed by atoms with Crippen molar-refractivity contribution in [3.05, 3.63) is 45.5 Å². The van der Waals surface area contributed by atoms with Gasteiger partial charge in [0.05, 0.1) is 21.2 Å². The Hall–Kier alpha value is -2.05. The minimum absolute atomic E-state index is 0.0929. The third-order valence-corrected chi connectivity index (χ3v) is 9.65. The number of ether oxygens (including phenoxy) is 1. The van der Waals surface area contributed by atoms with E-state index in [4.69, 9.17) is 16.3 Å². The number of thiazole rings is 1. The lowest BCUT2D eigenvalue weighted by atomic mass is 10.2. The first-order valence-corrected chi connectivity index (χ1v) is 13.4. The quantitative estimate of drug-likeness (QED) is 0.471. The zero-order valence-corrected chi connectivity index (χ0v) is 20.3. The molecule has 4 rings (SSSR count). The molecule has 1 amide bonds. The highest BCUT2D eigenvalue weighted by molar-refractivity contribution is 7.91. The molecule has 2 aromatic heterocycles. The molecule has 12 heteroatoms.